The predicted molar refractivity (Wildman–Crippen MR) is 76.4 cm³/mol. The third kappa shape index (κ3) is 7.05. The molecule has 1 fully saturated rings. The minimum atomic E-state index is 0.691. The molecule has 0 bridgehead atoms. The average molecular weight is 240 g/mol. The zero-order chi connectivity index (χ0) is 12.7. The van der Waals surface area contributed by atoms with Gasteiger partial charge in [-0.05, 0) is 65.5 Å². The van der Waals surface area contributed by atoms with Crippen LogP contribution in [0, 0.1) is 5.92 Å². The van der Waals surface area contributed by atoms with E-state index in [1.807, 2.05) is 0 Å². The van der Waals surface area contributed by atoms with Crippen LogP contribution in [0.1, 0.15) is 59.8 Å². The van der Waals surface area contributed by atoms with Crippen molar-refractivity contribution < 1.29 is 0 Å². The number of unbranched alkanes of at least 4 members (excludes halogenated alkanes) is 1. The van der Waals surface area contributed by atoms with Crippen molar-refractivity contribution in [2.75, 3.05) is 19.6 Å². The first-order chi connectivity index (χ1) is 8.13. The zero-order valence-electron chi connectivity index (χ0n) is 12.3. The lowest BCUT2D eigenvalue weighted by Gasteiger charge is -2.26. The monoisotopic (exact) mass is 240 g/mol. The summed E-state index contributed by atoms with van der Waals surface area (Å²) in [6.45, 7) is 12.9. The quantitative estimate of drug-likeness (QED) is 0.590. The molecule has 1 aliphatic carbocycles. The number of nitrogens with one attached hydrogen (secondary N) is 1. The first kappa shape index (κ1) is 15.0. The molecule has 0 aromatic carbocycles. The van der Waals surface area contributed by atoms with Gasteiger partial charge in [0, 0.05) is 18.6 Å². The molecule has 0 aliphatic heterocycles. The van der Waals surface area contributed by atoms with Crippen molar-refractivity contribution in [2.24, 2.45) is 5.92 Å². The molecule has 0 aromatic rings. The average Bonchev–Trinajstić information content (AvgIpc) is 3.06. The van der Waals surface area contributed by atoms with Crippen LogP contribution in [0.2, 0.25) is 0 Å². The van der Waals surface area contributed by atoms with Gasteiger partial charge in [0.15, 0.2) is 0 Å². The van der Waals surface area contributed by atoms with Gasteiger partial charge < -0.3 is 10.2 Å². The van der Waals surface area contributed by atoms with E-state index in [9.17, 15) is 0 Å². The van der Waals surface area contributed by atoms with Crippen molar-refractivity contribution >= 4 is 0 Å². The highest BCUT2D eigenvalue weighted by Crippen LogP contribution is 2.30. The standard InChI is InChI=1S/C15H32N2/c1-5-16-14(4)8-6-7-11-17(13(2)3)12-15-9-10-15/h13-16H,5-12H2,1-4H3. The van der Waals surface area contributed by atoms with Gasteiger partial charge in [-0.25, -0.2) is 0 Å². The first-order valence-electron chi connectivity index (χ1n) is 7.61. The molecule has 102 valence electrons. The summed E-state index contributed by atoms with van der Waals surface area (Å²) >= 11 is 0. The second-order valence-electron chi connectivity index (χ2n) is 5.99. The summed E-state index contributed by atoms with van der Waals surface area (Å²) < 4.78 is 0. The predicted octanol–water partition coefficient (Wildman–Crippen LogP) is 3.28. The Morgan fingerprint density at radius 2 is 1.88 bits per heavy atom. The molecular weight excluding hydrogens is 208 g/mol. The molecule has 0 radical (unpaired) electrons. The van der Waals surface area contributed by atoms with E-state index in [0.717, 1.165) is 18.5 Å². The van der Waals surface area contributed by atoms with Gasteiger partial charge in [0.25, 0.3) is 0 Å². The van der Waals surface area contributed by atoms with Crippen LogP contribution in [-0.2, 0) is 0 Å². The largest absolute Gasteiger partial charge is 0.315 e. The third-order valence-corrected chi connectivity index (χ3v) is 3.80. The zero-order valence-corrected chi connectivity index (χ0v) is 12.3. The van der Waals surface area contributed by atoms with Crippen molar-refractivity contribution in [1.29, 1.82) is 0 Å². The van der Waals surface area contributed by atoms with E-state index in [0.29, 0.717) is 6.04 Å². The summed E-state index contributed by atoms with van der Waals surface area (Å²) in [5.74, 6) is 1.03. The number of hydrogen-bond donors (Lipinski definition) is 1. The third-order valence-electron chi connectivity index (χ3n) is 3.80. The number of hydrogen-bond acceptors (Lipinski definition) is 2. The lowest BCUT2D eigenvalue weighted by Crippen LogP contribution is -2.34. The van der Waals surface area contributed by atoms with E-state index in [4.69, 9.17) is 0 Å². The smallest absolute Gasteiger partial charge is 0.00387 e. The molecule has 0 saturated heterocycles. The molecule has 0 aromatic heterocycles. The van der Waals surface area contributed by atoms with Crippen molar-refractivity contribution in [3.05, 3.63) is 0 Å². The topological polar surface area (TPSA) is 15.3 Å². The molecule has 0 heterocycles. The Kier molecular flexibility index (Phi) is 7.14. The van der Waals surface area contributed by atoms with E-state index < -0.39 is 0 Å². The van der Waals surface area contributed by atoms with Gasteiger partial charge in [-0.15, -0.1) is 0 Å². The fraction of sp³-hybridized carbons (Fsp3) is 1.00. The molecule has 2 nitrogen and oxygen atoms in total. The Morgan fingerprint density at radius 1 is 1.18 bits per heavy atom. The second-order valence-corrected chi connectivity index (χ2v) is 5.99. The maximum atomic E-state index is 3.48. The highest BCUT2D eigenvalue weighted by molar-refractivity contribution is 4.78. The maximum absolute atomic E-state index is 3.48. The Balaban J connectivity index is 2.05. The molecule has 1 unspecified atom stereocenters. The van der Waals surface area contributed by atoms with Gasteiger partial charge in [0.05, 0.1) is 0 Å². The van der Waals surface area contributed by atoms with Crippen molar-refractivity contribution in [1.82, 2.24) is 10.2 Å². The van der Waals surface area contributed by atoms with Crippen LogP contribution in [0.25, 0.3) is 0 Å². The summed E-state index contributed by atoms with van der Waals surface area (Å²) in [5, 5.41) is 3.48. The van der Waals surface area contributed by atoms with Gasteiger partial charge in [-0.1, -0.05) is 13.3 Å². The first-order valence-corrected chi connectivity index (χ1v) is 7.61. The van der Waals surface area contributed by atoms with Crippen LogP contribution >= 0.6 is 0 Å². The molecule has 0 amide bonds. The SMILES string of the molecule is CCNC(C)CCCCN(CC1CC1)C(C)C. The summed E-state index contributed by atoms with van der Waals surface area (Å²) in [4.78, 5) is 2.68. The minimum Gasteiger partial charge on any atom is -0.315 e. The van der Waals surface area contributed by atoms with Crippen molar-refractivity contribution in [3.8, 4) is 0 Å². The Labute approximate surface area is 108 Å². The van der Waals surface area contributed by atoms with Crippen LogP contribution in [-0.4, -0.2) is 36.6 Å². The highest BCUT2D eigenvalue weighted by Gasteiger charge is 2.24. The molecule has 1 aliphatic rings. The Hall–Kier alpha value is -0.0800. The molecule has 1 rings (SSSR count). The Bertz CT molecular complexity index is 187. The molecular formula is C15H32N2. The summed E-state index contributed by atoms with van der Waals surface area (Å²) in [6, 6.07) is 1.41. The normalized spacial score (nSPS) is 18.0. The van der Waals surface area contributed by atoms with Gasteiger partial charge in [0.1, 0.15) is 0 Å². The fourth-order valence-electron chi connectivity index (χ4n) is 2.41. The van der Waals surface area contributed by atoms with Gasteiger partial charge in [0.2, 0.25) is 0 Å². The molecule has 1 atom stereocenters. The minimum absolute atomic E-state index is 0.691. The summed E-state index contributed by atoms with van der Waals surface area (Å²) in [5.41, 5.74) is 0. The van der Waals surface area contributed by atoms with Crippen molar-refractivity contribution in [3.63, 3.8) is 0 Å². The lowest BCUT2D eigenvalue weighted by molar-refractivity contribution is 0.207. The van der Waals surface area contributed by atoms with E-state index in [2.05, 4.69) is 37.9 Å². The van der Waals surface area contributed by atoms with Gasteiger partial charge in [-0.3, -0.25) is 0 Å². The Morgan fingerprint density at radius 3 is 2.41 bits per heavy atom. The summed E-state index contributed by atoms with van der Waals surface area (Å²) in [7, 11) is 0. The molecule has 17 heavy (non-hydrogen) atoms. The van der Waals surface area contributed by atoms with Gasteiger partial charge >= 0.3 is 0 Å². The molecule has 1 saturated carbocycles. The maximum Gasteiger partial charge on any atom is 0.00387 e. The van der Waals surface area contributed by atoms with Crippen LogP contribution in [0.4, 0.5) is 0 Å². The molecule has 1 N–H and O–H groups in total. The van der Waals surface area contributed by atoms with Crippen molar-refractivity contribution in [2.45, 2.75) is 71.9 Å². The number of rotatable bonds is 10. The lowest BCUT2D eigenvalue weighted by atomic mass is 10.1. The van der Waals surface area contributed by atoms with Crippen LogP contribution < -0.4 is 5.32 Å². The van der Waals surface area contributed by atoms with Crippen LogP contribution in [0.15, 0.2) is 0 Å². The molecule has 0 spiro atoms. The number of nitrogens with zero attached hydrogens (tertiary/aromatic N) is 1. The summed E-state index contributed by atoms with van der Waals surface area (Å²) in [6.07, 6.45) is 6.99. The highest BCUT2D eigenvalue weighted by atomic mass is 15.1. The second kappa shape index (κ2) is 8.10. The van der Waals surface area contributed by atoms with Crippen LogP contribution in [0.3, 0.4) is 0 Å². The van der Waals surface area contributed by atoms with E-state index in [1.54, 1.807) is 0 Å². The van der Waals surface area contributed by atoms with E-state index in [-0.39, 0.29) is 0 Å². The van der Waals surface area contributed by atoms with Gasteiger partial charge in [-0.2, -0.15) is 0 Å². The van der Waals surface area contributed by atoms with E-state index >= 15 is 0 Å². The van der Waals surface area contributed by atoms with Crippen LogP contribution in [0.5, 0.6) is 0 Å². The van der Waals surface area contributed by atoms with E-state index in [1.165, 1.54) is 45.2 Å². The fourth-order valence-corrected chi connectivity index (χ4v) is 2.41. The molecule has 2 heteroatoms.